The Morgan fingerprint density at radius 2 is 1.29 bits per heavy atom. The van der Waals surface area contributed by atoms with E-state index >= 15 is 0 Å². The number of aldehydes is 1. The van der Waals surface area contributed by atoms with Crippen LogP contribution in [-0.4, -0.2) is 11.4 Å². The number of hydrogen-bond acceptors (Lipinski definition) is 2. The Morgan fingerprint density at radius 1 is 0.824 bits per heavy atom. The Hall–Kier alpha value is -1.93. The van der Waals surface area contributed by atoms with Gasteiger partial charge in [0.1, 0.15) is 6.29 Å². The third-order valence-corrected chi connectivity index (χ3v) is 2.19. The van der Waals surface area contributed by atoms with Crippen molar-refractivity contribution in [3.8, 4) is 0 Å². The Morgan fingerprint density at radius 3 is 1.65 bits per heavy atom. The molecule has 17 heavy (non-hydrogen) atoms. The van der Waals surface area contributed by atoms with Crippen LogP contribution in [0.4, 0.5) is 0 Å². The summed E-state index contributed by atoms with van der Waals surface area (Å²) >= 11 is 0. The van der Waals surface area contributed by atoms with E-state index in [0.717, 1.165) is 17.4 Å². The van der Waals surface area contributed by atoms with E-state index in [-0.39, 0.29) is 6.61 Å². The molecule has 0 amide bonds. The number of carbonyl (C=O) groups is 1. The van der Waals surface area contributed by atoms with Crippen LogP contribution in [0.3, 0.4) is 0 Å². The molecule has 0 aliphatic carbocycles. The molecule has 0 radical (unpaired) electrons. The van der Waals surface area contributed by atoms with Crippen LogP contribution in [0.1, 0.15) is 11.1 Å². The van der Waals surface area contributed by atoms with Crippen LogP contribution in [0.25, 0.3) is 0 Å². The van der Waals surface area contributed by atoms with Crippen LogP contribution in [0.5, 0.6) is 0 Å². The van der Waals surface area contributed by atoms with Crippen LogP contribution in [0, 0.1) is 0 Å². The zero-order chi connectivity index (χ0) is 12.3. The van der Waals surface area contributed by atoms with Gasteiger partial charge < -0.3 is 9.90 Å². The highest BCUT2D eigenvalue weighted by molar-refractivity contribution is 5.54. The molecule has 0 aromatic heterocycles. The SMILES string of the molecule is O=CCc1ccccc1.OCc1ccccc1. The maximum Gasteiger partial charge on any atom is 0.124 e. The summed E-state index contributed by atoms with van der Waals surface area (Å²) in [4.78, 5) is 9.97. The molecule has 0 fully saturated rings. The summed E-state index contributed by atoms with van der Waals surface area (Å²) in [6.45, 7) is 0.140. The monoisotopic (exact) mass is 228 g/mol. The molecule has 2 aromatic rings. The van der Waals surface area contributed by atoms with E-state index in [0.29, 0.717) is 6.42 Å². The number of rotatable bonds is 3. The number of aliphatic hydroxyl groups is 1. The van der Waals surface area contributed by atoms with E-state index in [9.17, 15) is 4.79 Å². The van der Waals surface area contributed by atoms with E-state index in [1.54, 1.807) is 0 Å². The van der Waals surface area contributed by atoms with Gasteiger partial charge in [0.25, 0.3) is 0 Å². The molecule has 0 aliphatic heterocycles. The second-order valence-corrected chi connectivity index (χ2v) is 3.50. The van der Waals surface area contributed by atoms with Gasteiger partial charge in [-0.05, 0) is 11.1 Å². The predicted molar refractivity (Wildman–Crippen MR) is 68.6 cm³/mol. The van der Waals surface area contributed by atoms with Gasteiger partial charge in [0, 0.05) is 6.42 Å². The first-order valence-electron chi connectivity index (χ1n) is 5.49. The van der Waals surface area contributed by atoms with Gasteiger partial charge in [-0.1, -0.05) is 60.7 Å². The molecule has 0 atom stereocenters. The van der Waals surface area contributed by atoms with Crippen molar-refractivity contribution in [2.24, 2.45) is 0 Å². The molecule has 0 saturated heterocycles. The van der Waals surface area contributed by atoms with Gasteiger partial charge in [-0.2, -0.15) is 0 Å². The molecule has 0 aliphatic rings. The largest absolute Gasteiger partial charge is 0.392 e. The summed E-state index contributed by atoms with van der Waals surface area (Å²) < 4.78 is 0. The van der Waals surface area contributed by atoms with Gasteiger partial charge in [0.05, 0.1) is 6.61 Å². The fourth-order valence-electron chi connectivity index (χ4n) is 1.29. The smallest absolute Gasteiger partial charge is 0.124 e. The number of carbonyl (C=O) groups excluding carboxylic acids is 1. The van der Waals surface area contributed by atoms with E-state index in [4.69, 9.17) is 5.11 Å². The molecule has 2 aromatic carbocycles. The van der Waals surface area contributed by atoms with Crippen LogP contribution in [0.15, 0.2) is 60.7 Å². The van der Waals surface area contributed by atoms with Crippen molar-refractivity contribution < 1.29 is 9.90 Å². The third-order valence-electron chi connectivity index (χ3n) is 2.19. The lowest BCUT2D eigenvalue weighted by atomic mass is 10.2. The van der Waals surface area contributed by atoms with Crippen LogP contribution >= 0.6 is 0 Å². The highest BCUT2D eigenvalue weighted by Gasteiger charge is 1.84. The first-order chi connectivity index (χ1) is 8.36. The Bertz CT molecular complexity index is 409. The first kappa shape index (κ1) is 13.1. The van der Waals surface area contributed by atoms with E-state index in [2.05, 4.69) is 0 Å². The molecule has 0 spiro atoms. The Balaban J connectivity index is 0.000000171. The molecule has 0 bridgehead atoms. The summed E-state index contributed by atoms with van der Waals surface area (Å²) in [5.74, 6) is 0. The quantitative estimate of drug-likeness (QED) is 0.820. The molecule has 2 rings (SSSR count). The summed E-state index contributed by atoms with van der Waals surface area (Å²) in [7, 11) is 0. The Labute approximate surface area is 102 Å². The zero-order valence-corrected chi connectivity index (χ0v) is 9.62. The van der Waals surface area contributed by atoms with Gasteiger partial charge in [-0.3, -0.25) is 0 Å². The fourth-order valence-corrected chi connectivity index (χ4v) is 1.29. The number of aliphatic hydroxyl groups excluding tert-OH is 1. The van der Waals surface area contributed by atoms with Gasteiger partial charge in [-0.15, -0.1) is 0 Å². The van der Waals surface area contributed by atoms with Crippen LogP contribution in [-0.2, 0) is 17.8 Å². The number of benzene rings is 2. The van der Waals surface area contributed by atoms with Gasteiger partial charge in [0.15, 0.2) is 0 Å². The van der Waals surface area contributed by atoms with E-state index in [1.165, 1.54) is 0 Å². The summed E-state index contributed by atoms with van der Waals surface area (Å²) in [6.07, 6.45) is 1.44. The van der Waals surface area contributed by atoms with E-state index < -0.39 is 0 Å². The maximum atomic E-state index is 9.97. The molecule has 2 heteroatoms. The minimum atomic E-state index is 0.140. The van der Waals surface area contributed by atoms with Crippen molar-refractivity contribution in [2.75, 3.05) is 0 Å². The summed E-state index contributed by atoms with van der Waals surface area (Å²) in [5, 5.41) is 8.54. The highest BCUT2D eigenvalue weighted by atomic mass is 16.3. The van der Waals surface area contributed by atoms with Crippen molar-refractivity contribution >= 4 is 6.29 Å². The molecular weight excluding hydrogens is 212 g/mol. The molecule has 88 valence electrons. The lowest BCUT2D eigenvalue weighted by Gasteiger charge is -1.89. The van der Waals surface area contributed by atoms with Crippen LogP contribution in [0.2, 0.25) is 0 Å². The lowest BCUT2D eigenvalue weighted by molar-refractivity contribution is -0.107. The third kappa shape index (κ3) is 5.64. The summed E-state index contributed by atoms with van der Waals surface area (Å²) in [6, 6.07) is 19.2. The van der Waals surface area contributed by atoms with Gasteiger partial charge in [0.2, 0.25) is 0 Å². The molecule has 0 unspecified atom stereocenters. The molecule has 0 saturated carbocycles. The van der Waals surface area contributed by atoms with Gasteiger partial charge in [-0.25, -0.2) is 0 Å². The molecule has 1 N–H and O–H groups in total. The van der Waals surface area contributed by atoms with Crippen molar-refractivity contribution in [3.63, 3.8) is 0 Å². The first-order valence-corrected chi connectivity index (χ1v) is 5.49. The van der Waals surface area contributed by atoms with E-state index in [1.807, 2.05) is 60.7 Å². The van der Waals surface area contributed by atoms with Crippen molar-refractivity contribution in [2.45, 2.75) is 13.0 Å². The normalized spacial score (nSPS) is 9.00. The topological polar surface area (TPSA) is 37.3 Å². The van der Waals surface area contributed by atoms with Crippen molar-refractivity contribution in [1.29, 1.82) is 0 Å². The van der Waals surface area contributed by atoms with Crippen LogP contribution < -0.4 is 0 Å². The van der Waals surface area contributed by atoms with Crippen molar-refractivity contribution in [3.05, 3.63) is 71.8 Å². The Kier molecular flexibility index (Phi) is 6.37. The second kappa shape index (κ2) is 8.25. The zero-order valence-electron chi connectivity index (χ0n) is 9.62. The average molecular weight is 228 g/mol. The summed E-state index contributed by atoms with van der Waals surface area (Å²) in [5.41, 5.74) is 2.04. The molecular formula is C15H16O2. The minimum Gasteiger partial charge on any atom is -0.392 e. The fraction of sp³-hybridized carbons (Fsp3) is 0.133. The second-order valence-electron chi connectivity index (χ2n) is 3.50. The standard InChI is InChI=1S/C8H8O.C7H8O/c9-7-6-8-4-2-1-3-5-8;8-6-7-4-2-1-3-5-7/h1-5,7H,6H2;1-5,8H,6H2. The molecule has 0 heterocycles. The highest BCUT2D eigenvalue weighted by Crippen LogP contribution is 1.96. The van der Waals surface area contributed by atoms with Gasteiger partial charge >= 0.3 is 0 Å². The minimum absolute atomic E-state index is 0.140. The maximum absolute atomic E-state index is 9.97. The average Bonchev–Trinajstić information content (AvgIpc) is 2.42. The molecule has 2 nitrogen and oxygen atoms in total. The predicted octanol–water partition coefficient (Wildman–Crippen LogP) is 2.61. The van der Waals surface area contributed by atoms with Crippen molar-refractivity contribution in [1.82, 2.24) is 0 Å². The number of hydrogen-bond donors (Lipinski definition) is 1. The lowest BCUT2D eigenvalue weighted by Crippen LogP contribution is -1.82.